The lowest BCUT2D eigenvalue weighted by Gasteiger charge is -2.06. The van der Waals surface area contributed by atoms with Crippen molar-refractivity contribution < 1.29 is 9.53 Å². The highest BCUT2D eigenvalue weighted by atomic mass is 79.9. The van der Waals surface area contributed by atoms with Crippen molar-refractivity contribution in [2.24, 2.45) is 0 Å². The van der Waals surface area contributed by atoms with Crippen LogP contribution in [0.25, 0.3) is 0 Å². The molecule has 19 heavy (non-hydrogen) atoms. The predicted octanol–water partition coefficient (Wildman–Crippen LogP) is 4.51. The summed E-state index contributed by atoms with van der Waals surface area (Å²) in [5, 5.41) is 0.376. The molecule has 0 radical (unpaired) electrons. The van der Waals surface area contributed by atoms with Crippen molar-refractivity contribution in [1.82, 2.24) is 4.98 Å². The van der Waals surface area contributed by atoms with E-state index in [2.05, 4.69) is 20.9 Å². The molecule has 0 fully saturated rings. The monoisotopic (exact) mass is 359 g/mol. The number of carbonyl (C=O) groups excluding carboxylic acids is 1. The van der Waals surface area contributed by atoms with Crippen molar-refractivity contribution in [1.29, 1.82) is 0 Å². The highest BCUT2D eigenvalue weighted by Crippen LogP contribution is 2.21. The number of aromatic nitrogens is 1. The second-order valence-electron chi connectivity index (χ2n) is 3.66. The Labute approximate surface area is 128 Å². The van der Waals surface area contributed by atoms with Crippen molar-refractivity contribution in [3.63, 3.8) is 0 Å². The number of nitrogens with zero attached hydrogens (tertiary/aromatic N) is 1. The lowest BCUT2D eigenvalue weighted by atomic mass is 10.2. The van der Waals surface area contributed by atoms with Gasteiger partial charge >= 0.3 is 5.97 Å². The smallest absolute Gasteiger partial charge is 0.340 e. The summed E-state index contributed by atoms with van der Waals surface area (Å²) in [6.45, 7) is 0.167. The highest BCUT2D eigenvalue weighted by Gasteiger charge is 2.11. The molecule has 0 bridgehead atoms. The SMILES string of the molecule is O=C(OCc1ccccc1Br)c1cnc(Cl)c(Cl)c1. The van der Waals surface area contributed by atoms with Gasteiger partial charge in [-0.05, 0) is 12.1 Å². The molecule has 1 aromatic carbocycles. The van der Waals surface area contributed by atoms with E-state index < -0.39 is 5.97 Å². The molecule has 6 heteroatoms. The van der Waals surface area contributed by atoms with Crippen LogP contribution in [0.5, 0.6) is 0 Å². The molecule has 0 saturated heterocycles. The Hall–Kier alpha value is -1.10. The van der Waals surface area contributed by atoms with E-state index in [4.69, 9.17) is 27.9 Å². The Morgan fingerprint density at radius 3 is 2.74 bits per heavy atom. The van der Waals surface area contributed by atoms with Gasteiger partial charge in [0.2, 0.25) is 0 Å². The maximum Gasteiger partial charge on any atom is 0.340 e. The summed E-state index contributed by atoms with van der Waals surface area (Å²) >= 11 is 14.8. The van der Waals surface area contributed by atoms with Crippen LogP contribution in [0.2, 0.25) is 10.2 Å². The molecule has 3 nitrogen and oxygen atoms in total. The van der Waals surface area contributed by atoms with Gasteiger partial charge in [-0.25, -0.2) is 9.78 Å². The number of halogens is 3. The number of pyridine rings is 1. The number of benzene rings is 1. The summed E-state index contributed by atoms with van der Waals surface area (Å²) in [6, 6.07) is 8.93. The Kier molecular flexibility index (Phi) is 4.80. The maximum atomic E-state index is 11.8. The van der Waals surface area contributed by atoms with Crippen LogP contribution in [0.3, 0.4) is 0 Å². The normalized spacial score (nSPS) is 10.3. The van der Waals surface area contributed by atoms with Gasteiger partial charge in [-0.2, -0.15) is 0 Å². The summed E-state index contributed by atoms with van der Waals surface area (Å²) in [7, 11) is 0. The summed E-state index contributed by atoms with van der Waals surface area (Å²) in [6.07, 6.45) is 1.33. The minimum absolute atomic E-state index is 0.157. The van der Waals surface area contributed by atoms with E-state index in [1.54, 1.807) is 0 Å². The Morgan fingerprint density at radius 1 is 1.32 bits per heavy atom. The summed E-state index contributed by atoms with van der Waals surface area (Å²) < 4.78 is 6.06. The van der Waals surface area contributed by atoms with Gasteiger partial charge in [0.1, 0.15) is 11.8 Å². The Morgan fingerprint density at radius 2 is 2.05 bits per heavy atom. The van der Waals surface area contributed by atoms with E-state index in [-0.39, 0.29) is 22.3 Å². The second-order valence-corrected chi connectivity index (χ2v) is 5.28. The van der Waals surface area contributed by atoms with Crippen LogP contribution in [-0.2, 0) is 11.3 Å². The number of ether oxygens (including phenoxy) is 1. The topological polar surface area (TPSA) is 39.2 Å². The van der Waals surface area contributed by atoms with Gasteiger partial charge < -0.3 is 4.74 Å². The van der Waals surface area contributed by atoms with E-state index in [1.807, 2.05) is 24.3 Å². The summed E-state index contributed by atoms with van der Waals surface area (Å²) in [5.74, 6) is -0.498. The van der Waals surface area contributed by atoms with Crippen molar-refractivity contribution in [3.05, 3.63) is 62.3 Å². The third kappa shape index (κ3) is 3.69. The predicted molar refractivity (Wildman–Crippen MR) is 77.5 cm³/mol. The first-order chi connectivity index (χ1) is 9.08. The van der Waals surface area contributed by atoms with Crippen LogP contribution in [0.15, 0.2) is 41.0 Å². The molecule has 0 unspecified atom stereocenters. The van der Waals surface area contributed by atoms with Crippen LogP contribution < -0.4 is 0 Å². The molecular weight excluding hydrogens is 353 g/mol. The third-order valence-corrected chi connectivity index (χ3v) is 3.81. The standard InChI is InChI=1S/C13H8BrCl2NO2/c14-10-4-2-1-3-8(10)7-19-13(18)9-5-11(15)12(16)17-6-9/h1-6H,7H2. The van der Waals surface area contributed by atoms with Gasteiger partial charge in [-0.1, -0.05) is 57.3 Å². The molecule has 0 amide bonds. The highest BCUT2D eigenvalue weighted by molar-refractivity contribution is 9.10. The average Bonchev–Trinajstić information content (AvgIpc) is 2.40. The molecule has 0 spiro atoms. The van der Waals surface area contributed by atoms with Crippen molar-refractivity contribution >= 4 is 45.1 Å². The van der Waals surface area contributed by atoms with Crippen LogP contribution in [-0.4, -0.2) is 11.0 Å². The third-order valence-electron chi connectivity index (χ3n) is 2.35. The van der Waals surface area contributed by atoms with Crippen LogP contribution in [0.1, 0.15) is 15.9 Å². The molecule has 0 aliphatic heterocycles. The number of rotatable bonds is 3. The number of hydrogen-bond acceptors (Lipinski definition) is 3. The lowest BCUT2D eigenvalue weighted by Crippen LogP contribution is -2.06. The Bertz CT molecular complexity index is 619. The van der Waals surface area contributed by atoms with Gasteiger partial charge in [-0.15, -0.1) is 0 Å². The zero-order chi connectivity index (χ0) is 13.8. The average molecular weight is 361 g/mol. The number of esters is 1. The lowest BCUT2D eigenvalue weighted by molar-refractivity contribution is 0.0471. The van der Waals surface area contributed by atoms with E-state index >= 15 is 0 Å². The Balaban J connectivity index is 2.05. The fourth-order valence-electron chi connectivity index (χ4n) is 1.37. The van der Waals surface area contributed by atoms with Gasteiger partial charge in [0.05, 0.1) is 10.6 Å². The molecular formula is C13H8BrCl2NO2. The molecule has 2 aromatic rings. The van der Waals surface area contributed by atoms with Crippen LogP contribution in [0.4, 0.5) is 0 Å². The minimum atomic E-state index is -0.498. The molecule has 2 rings (SSSR count). The fraction of sp³-hybridized carbons (Fsp3) is 0.0769. The molecule has 98 valence electrons. The summed E-state index contributed by atoms with van der Waals surface area (Å²) in [5.41, 5.74) is 1.14. The van der Waals surface area contributed by atoms with E-state index in [0.717, 1.165) is 10.0 Å². The van der Waals surface area contributed by atoms with Crippen LogP contribution >= 0.6 is 39.1 Å². The summed E-state index contributed by atoms with van der Waals surface area (Å²) in [4.78, 5) is 15.6. The van der Waals surface area contributed by atoms with Crippen molar-refractivity contribution in [2.45, 2.75) is 6.61 Å². The number of carbonyl (C=O) groups is 1. The largest absolute Gasteiger partial charge is 0.457 e. The van der Waals surface area contributed by atoms with Gasteiger partial charge in [-0.3, -0.25) is 0 Å². The quantitative estimate of drug-likeness (QED) is 0.597. The van der Waals surface area contributed by atoms with Gasteiger partial charge in [0.25, 0.3) is 0 Å². The molecule has 0 aliphatic rings. The van der Waals surface area contributed by atoms with Gasteiger partial charge in [0.15, 0.2) is 0 Å². The first kappa shape index (κ1) is 14.3. The maximum absolute atomic E-state index is 11.8. The molecule has 0 aliphatic carbocycles. The molecule has 0 N–H and O–H groups in total. The zero-order valence-electron chi connectivity index (χ0n) is 9.57. The van der Waals surface area contributed by atoms with Crippen molar-refractivity contribution in [2.75, 3.05) is 0 Å². The zero-order valence-corrected chi connectivity index (χ0v) is 12.7. The van der Waals surface area contributed by atoms with E-state index in [0.29, 0.717) is 0 Å². The first-order valence-electron chi connectivity index (χ1n) is 5.29. The molecule has 0 atom stereocenters. The second kappa shape index (κ2) is 6.37. The van der Waals surface area contributed by atoms with E-state index in [9.17, 15) is 4.79 Å². The molecule has 0 saturated carbocycles. The van der Waals surface area contributed by atoms with Crippen molar-refractivity contribution in [3.8, 4) is 0 Å². The van der Waals surface area contributed by atoms with Crippen LogP contribution in [0, 0.1) is 0 Å². The minimum Gasteiger partial charge on any atom is -0.457 e. The number of hydrogen-bond donors (Lipinski definition) is 0. The fourth-order valence-corrected chi connectivity index (χ4v) is 2.04. The molecule has 1 heterocycles. The van der Waals surface area contributed by atoms with Gasteiger partial charge in [0, 0.05) is 16.2 Å². The van der Waals surface area contributed by atoms with E-state index in [1.165, 1.54) is 12.3 Å². The molecule has 1 aromatic heterocycles. The first-order valence-corrected chi connectivity index (χ1v) is 6.84.